The summed E-state index contributed by atoms with van der Waals surface area (Å²) in [5.74, 6) is 0.929. The summed E-state index contributed by atoms with van der Waals surface area (Å²) in [6.07, 6.45) is 2.57. The van der Waals surface area contributed by atoms with Crippen molar-refractivity contribution < 1.29 is 17.6 Å². The maximum Gasteiger partial charge on any atom is 0.282 e. The molecule has 0 aromatic carbocycles. The third-order valence-electron chi connectivity index (χ3n) is 4.77. The van der Waals surface area contributed by atoms with Crippen molar-refractivity contribution >= 4 is 16.1 Å². The van der Waals surface area contributed by atoms with Crippen LogP contribution in [0, 0.1) is 12.8 Å². The number of hydrogen-bond acceptors (Lipinski definition) is 4. The molecule has 1 amide bonds. The molecular weight excluding hydrogens is 318 g/mol. The van der Waals surface area contributed by atoms with Crippen LogP contribution in [0.4, 0.5) is 0 Å². The van der Waals surface area contributed by atoms with Crippen LogP contribution in [0.15, 0.2) is 16.5 Å². The molecule has 0 radical (unpaired) electrons. The fourth-order valence-electron chi connectivity index (χ4n) is 3.45. The van der Waals surface area contributed by atoms with Gasteiger partial charge in [-0.15, -0.1) is 0 Å². The number of rotatable bonds is 4. The van der Waals surface area contributed by atoms with E-state index in [-0.39, 0.29) is 17.9 Å². The predicted octanol–water partition coefficient (Wildman–Crippen LogP) is 1.17. The number of aryl methyl sites for hydroxylation is 1. The Hall–Kier alpha value is -1.38. The van der Waals surface area contributed by atoms with Crippen molar-refractivity contribution in [2.45, 2.75) is 38.6 Å². The van der Waals surface area contributed by atoms with Gasteiger partial charge in [-0.25, -0.2) is 0 Å². The van der Waals surface area contributed by atoms with E-state index in [4.69, 9.17) is 10.2 Å². The van der Waals surface area contributed by atoms with Gasteiger partial charge in [0.2, 0.25) is 5.91 Å². The summed E-state index contributed by atoms with van der Waals surface area (Å²) in [6.45, 7) is 3.04. The Balaban J connectivity index is 1.75. The highest BCUT2D eigenvalue weighted by atomic mass is 32.2. The molecule has 3 rings (SSSR count). The monoisotopic (exact) mass is 341 g/mol. The van der Waals surface area contributed by atoms with Gasteiger partial charge >= 0.3 is 0 Å². The zero-order valence-corrected chi connectivity index (χ0v) is 14.1. The van der Waals surface area contributed by atoms with E-state index in [0.29, 0.717) is 38.2 Å². The fourth-order valence-corrected chi connectivity index (χ4v) is 5.31. The van der Waals surface area contributed by atoms with Crippen molar-refractivity contribution in [3.63, 3.8) is 0 Å². The van der Waals surface area contributed by atoms with Crippen LogP contribution in [0.25, 0.3) is 0 Å². The highest BCUT2D eigenvalue weighted by molar-refractivity contribution is 7.86. The summed E-state index contributed by atoms with van der Waals surface area (Å²) in [6, 6.07) is 3.48. The van der Waals surface area contributed by atoms with Gasteiger partial charge in [0.05, 0.1) is 6.04 Å². The molecule has 1 aromatic heterocycles. The second-order valence-electron chi connectivity index (χ2n) is 6.30. The Morgan fingerprint density at radius 3 is 2.48 bits per heavy atom. The zero-order valence-electron chi connectivity index (χ0n) is 13.3. The van der Waals surface area contributed by atoms with Gasteiger partial charge in [-0.05, 0) is 44.7 Å². The van der Waals surface area contributed by atoms with Gasteiger partial charge in [-0.2, -0.15) is 17.0 Å². The molecule has 2 aliphatic rings. The third kappa shape index (κ3) is 3.15. The largest absolute Gasteiger partial charge is 0.465 e. The number of furan rings is 1. The van der Waals surface area contributed by atoms with Crippen molar-refractivity contribution in [2.24, 2.45) is 11.7 Å². The second kappa shape index (κ2) is 6.26. The maximum absolute atomic E-state index is 12.9. The number of hydrogen-bond donors (Lipinski definition) is 1. The molecule has 2 fully saturated rings. The quantitative estimate of drug-likeness (QED) is 0.889. The average Bonchev–Trinajstić information content (AvgIpc) is 3.16. The average molecular weight is 341 g/mol. The molecule has 0 bridgehead atoms. The molecule has 7 nitrogen and oxygen atoms in total. The maximum atomic E-state index is 12.9. The van der Waals surface area contributed by atoms with E-state index in [9.17, 15) is 13.2 Å². The van der Waals surface area contributed by atoms with Crippen LogP contribution in [0.2, 0.25) is 0 Å². The first-order chi connectivity index (χ1) is 10.9. The smallest absolute Gasteiger partial charge is 0.282 e. The molecule has 8 heteroatoms. The Kier molecular flexibility index (Phi) is 4.48. The molecule has 0 spiro atoms. The lowest BCUT2D eigenvalue weighted by molar-refractivity contribution is -0.122. The van der Waals surface area contributed by atoms with Gasteiger partial charge in [-0.1, -0.05) is 0 Å². The van der Waals surface area contributed by atoms with Crippen LogP contribution >= 0.6 is 0 Å². The van der Waals surface area contributed by atoms with Gasteiger partial charge in [0, 0.05) is 25.6 Å². The first-order valence-electron chi connectivity index (χ1n) is 8.02. The van der Waals surface area contributed by atoms with Crippen LogP contribution in [0.1, 0.15) is 43.2 Å². The van der Waals surface area contributed by atoms with Crippen molar-refractivity contribution in [2.75, 3.05) is 19.6 Å². The van der Waals surface area contributed by atoms with Gasteiger partial charge < -0.3 is 10.2 Å². The summed E-state index contributed by atoms with van der Waals surface area (Å²) >= 11 is 0. The van der Waals surface area contributed by atoms with Gasteiger partial charge in [0.1, 0.15) is 11.5 Å². The highest BCUT2D eigenvalue weighted by Gasteiger charge is 2.41. The summed E-state index contributed by atoms with van der Waals surface area (Å²) in [5, 5.41) is 0. The van der Waals surface area contributed by atoms with E-state index in [1.165, 1.54) is 8.61 Å². The number of carbonyl (C=O) groups excluding carboxylic acids is 1. The standard InChI is InChI=1S/C15H23N3O4S/c1-11-4-5-14(22-11)13-3-2-8-18(13)23(20,21)17-9-6-12(7-10-17)15(16)19/h4-5,12-13H,2-3,6-10H2,1H3,(H2,16,19)/t13-/m1/s1. The van der Waals surface area contributed by atoms with Crippen LogP contribution in [0.3, 0.4) is 0 Å². The van der Waals surface area contributed by atoms with Crippen LogP contribution in [-0.2, 0) is 15.0 Å². The molecule has 2 saturated heterocycles. The number of piperidine rings is 1. The minimum atomic E-state index is -3.54. The summed E-state index contributed by atoms with van der Waals surface area (Å²) in [4.78, 5) is 11.2. The molecule has 2 aliphatic heterocycles. The van der Waals surface area contributed by atoms with Gasteiger partial charge in [0.15, 0.2) is 0 Å². The first-order valence-corrected chi connectivity index (χ1v) is 9.42. The normalized spacial score (nSPS) is 25.0. The Labute approximate surface area is 136 Å². The van der Waals surface area contributed by atoms with E-state index < -0.39 is 10.2 Å². The predicted molar refractivity (Wildman–Crippen MR) is 84.5 cm³/mol. The molecule has 23 heavy (non-hydrogen) atoms. The van der Waals surface area contributed by atoms with Crippen molar-refractivity contribution in [1.82, 2.24) is 8.61 Å². The molecule has 128 valence electrons. The minimum absolute atomic E-state index is 0.219. The van der Waals surface area contributed by atoms with Gasteiger partial charge in [0.25, 0.3) is 10.2 Å². The molecule has 1 aromatic rings. The molecule has 0 unspecified atom stereocenters. The number of primary amides is 1. The van der Waals surface area contributed by atoms with Crippen molar-refractivity contribution in [1.29, 1.82) is 0 Å². The summed E-state index contributed by atoms with van der Waals surface area (Å²) in [5.41, 5.74) is 5.31. The highest BCUT2D eigenvalue weighted by Crippen LogP contribution is 2.36. The molecule has 3 heterocycles. The third-order valence-corrected chi connectivity index (χ3v) is 6.82. The van der Waals surface area contributed by atoms with Crippen LogP contribution < -0.4 is 5.73 Å². The lowest BCUT2D eigenvalue weighted by atomic mass is 9.98. The molecule has 1 atom stereocenters. The van der Waals surface area contributed by atoms with Crippen LogP contribution in [0.5, 0.6) is 0 Å². The van der Waals surface area contributed by atoms with Gasteiger partial charge in [-0.3, -0.25) is 4.79 Å². The Morgan fingerprint density at radius 1 is 1.22 bits per heavy atom. The molecule has 2 N–H and O–H groups in total. The van der Waals surface area contributed by atoms with E-state index in [1.54, 1.807) is 0 Å². The SMILES string of the molecule is Cc1ccc([C@H]2CCCN2S(=O)(=O)N2CCC(C(N)=O)CC2)o1. The number of nitrogens with two attached hydrogens (primary N) is 1. The lowest BCUT2D eigenvalue weighted by Crippen LogP contribution is -2.48. The summed E-state index contributed by atoms with van der Waals surface area (Å²) in [7, 11) is -3.54. The Morgan fingerprint density at radius 2 is 1.91 bits per heavy atom. The van der Waals surface area contributed by atoms with E-state index in [0.717, 1.165) is 18.6 Å². The second-order valence-corrected chi connectivity index (χ2v) is 8.18. The van der Waals surface area contributed by atoms with Crippen molar-refractivity contribution in [3.05, 3.63) is 23.7 Å². The minimum Gasteiger partial charge on any atom is -0.465 e. The van der Waals surface area contributed by atoms with E-state index in [2.05, 4.69) is 0 Å². The first kappa shape index (κ1) is 16.5. The topological polar surface area (TPSA) is 96.9 Å². The lowest BCUT2D eigenvalue weighted by Gasteiger charge is -2.34. The zero-order chi connectivity index (χ0) is 16.6. The molecular formula is C15H23N3O4S. The summed E-state index contributed by atoms with van der Waals surface area (Å²) < 4.78 is 34.6. The Bertz CT molecular complexity index is 677. The molecule has 0 saturated carbocycles. The van der Waals surface area contributed by atoms with Crippen LogP contribution in [-0.4, -0.2) is 42.6 Å². The number of nitrogens with zero attached hydrogens (tertiary/aromatic N) is 2. The number of carbonyl (C=O) groups is 1. The van der Waals surface area contributed by atoms with E-state index >= 15 is 0 Å². The van der Waals surface area contributed by atoms with Crippen molar-refractivity contribution in [3.8, 4) is 0 Å². The number of amides is 1. The molecule has 0 aliphatic carbocycles. The van der Waals surface area contributed by atoms with E-state index in [1.807, 2.05) is 19.1 Å². The fraction of sp³-hybridized carbons (Fsp3) is 0.667.